The van der Waals surface area contributed by atoms with Crippen molar-refractivity contribution in [1.29, 1.82) is 0 Å². The van der Waals surface area contributed by atoms with Crippen molar-refractivity contribution >= 4 is 27.5 Å². The number of aryl methyl sites for hydroxylation is 1. The van der Waals surface area contributed by atoms with Crippen LogP contribution >= 0.6 is 27.5 Å². The lowest BCUT2D eigenvalue weighted by Crippen LogP contribution is -2.30. The predicted octanol–water partition coefficient (Wildman–Crippen LogP) is 3.28. The van der Waals surface area contributed by atoms with Crippen molar-refractivity contribution in [3.63, 3.8) is 0 Å². The van der Waals surface area contributed by atoms with E-state index in [-0.39, 0.29) is 16.5 Å². The van der Waals surface area contributed by atoms with Crippen LogP contribution in [-0.4, -0.2) is 9.59 Å². The molecular weight excluding hydrogens is 362 g/mol. The highest BCUT2D eigenvalue weighted by molar-refractivity contribution is 9.10. The summed E-state index contributed by atoms with van der Waals surface area (Å²) >= 11 is 4.26. The molecular formula is C13H15BrF2N4S. The van der Waals surface area contributed by atoms with Crippen LogP contribution in [0.25, 0.3) is 0 Å². The maximum atomic E-state index is 14.1. The first-order valence-corrected chi connectivity index (χ1v) is 8.04. The molecule has 21 heavy (non-hydrogen) atoms. The van der Waals surface area contributed by atoms with Crippen molar-refractivity contribution < 1.29 is 8.78 Å². The molecule has 0 aliphatic carbocycles. The van der Waals surface area contributed by atoms with Crippen molar-refractivity contribution in [1.82, 2.24) is 15.0 Å². The fourth-order valence-corrected chi connectivity index (χ4v) is 3.20. The lowest BCUT2D eigenvalue weighted by atomic mass is 10.0. The molecule has 0 aliphatic rings. The summed E-state index contributed by atoms with van der Waals surface area (Å²) in [6, 6.07) is 2.15. The highest BCUT2D eigenvalue weighted by Gasteiger charge is 2.22. The third-order valence-corrected chi connectivity index (χ3v) is 4.63. The van der Waals surface area contributed by atoms with Gasteiger partial charge in [0.1, 0.15) is 11.6 Å². The van der Waals surface area contributed by atoms with Crippen molar-refractivity contribution in [3.8, 4) is 0 Å². The van der Waals surface area contributed by atoms with E-state index in [4.69, 9.17) is 5.84 Å². The molecule has 2 rings (SSSR count). The zero-order valence-electron chi connectivity index (χ0n) is 11.4. The van der Waals surface area contributed by atoms with Gasteiger partial charge in [0, 0.05) is 5.56 Å². The van der Waals surface area contributed by atoms with Gasteiger partial charge in [-0.1, -0.05) is 17.8 Å². The largest absolute Gasteiger partial charge is 0.271 e. The van der Waals surface area contributed by atoms with Crippen LogP contribution in [-0.2, 0) is 12.8 Å². The first kappa shape index (κ1) is 16.4. The molecule has 114 valence electrons. The summed E-state index contributed by atoms with van der Waals surface area (Å²) in [7, 11) is 0. The number of benzene rings is 1. The molecule has 1 unspecified atom stereocenters. The molecule has 0 saturated heterocycles. The minimum Gasteiger partial charge on any atom is -0.271 e. The number of nitrogens with zero attached hydrogens (tertiary/aromatic N) is 2. The van der Waals surface area contributed by atoms with Gasteiger partial charge >= 0.3 is 0 Å². The minimum atomic E-state index is -0.607. The zero-order chi connectivity index (χ0) is 15.4. The molecule has 0 radical (unpaired) electrons. The Labute approximate surface area is 134 Å². The Morgan fingerprint density at radius 1 is 1.43 bits per heavy atom. The van der Waals surface area contributed by atoms with Crippen LogP contribution in [0.3, 0.4) is 0 Å². The second-order valence-electron chi connectivity index (χ2n) is 4.58. The monoisotopic (exact) mass is 376 g/mol. The van der Waals surface area contributed by atoms with E-state index >= 15 is 0 Å². The Morgan fingerprint density at radius 3 is 2.86 bits per heavy atom. The maximum Gasteiger partial charge on any atom is 0.143 e. The summed E-state index contributed by atoms with van der Waals surface area (Å²) in [5.74, 6) is 4.36. The topological polar surface area (TPSA) is 63.8 Å². The van der Waals surface area contributed by atoms with Gasteiger partial charge in [-0.15, -0.1) is 5.10 Å². The summed E-state index contributed by atoms with van der Waals surface area (Å²) in [6.45, 7) is 2.03. The normalized spacial score (nSPS) is 12.6. The lowest BCUT2D eigenvalue weighted by molar-refractivity contribution is 0.499. The molecule has 0 aliphatic heterocycles. The van der Waals surface area contributed by atoms with Crippen molar-refractivity contribution in [2.75, 3.05) is 0 Å². The number of halogens is 3. The Bertz CT molecular complexity index is 620. The van der Waals surface area contributed by atoms with E-state index in [9.17, 15) is 8.78 Å². The van der Waals surface area contributed by atoms with Gasteiger partial charge in [0.25, 0.3) is 0 Å². The highest BCUT2D eigenvalue weighted by Crippen LogP contribution is 2.29. The first-order valence-electron chi connectivity index (χ1n) is 6.48. The van der Waals surface area contributed by atoms with E-state index in [1.54, 1.807) is 0 Å². The molecule has 1 aromatic carbocycles. The summed E-state index contributed by atoms with van der Waals surface area (Å²) in [5, 5.41) is 4.06. The number of aromatic nitrogens is 2. The Balaban J connectivity index is 2.31. The summed E-state index contributed by atoms with van der Waals surface area (Å²) in [5.41, 5.74) is 3.42. The van der Waals surface area contributed by atoms with Crippen molar-refractivity contribution in [3.05, 3.63) is 44.4 Å². The summed E-state index contributed by atoms with van der Waals surface area (Å²) in [4.78, 5) is 0.818. The second kappa shape index (κ2) is 7.35. The highest BCUT2D eigenvalue weighted by atomic mass is 79.9. The molecule has 0 saturated carbocycles. The maximum absolute atomic E-state index is 14.1. The molecule has 0 spiro atoms. The standard InChI is InChI=1S/C13H15BrF2N4S/c1-2-3-10-13(21-20-19-10)11(18-17)6-7-9(15)5-4-8(14)12(7)16/h4-5,11,18H,2-3,6,17H2,1H3. The van der Waals surface area contributed by atoms with Gasteiger partial charge < -0.3 is 0 Å². The predicted molar refractivity (Wildman–Crippen MR) is 81.7 cm³/mol. The van der Waals surface area contributed by atoms with Crippen LogP contribution < -0.4 is 11.3 Å². The van der Waals surface area contributed by atoms with Gasteiger partial charge in [-0.05, 0) is 52.4 Å². The third-order valence-electron chi connectivity index (χ3n) is 3.14. The Morgan fingerprint density at radius 2 is 2.19 bits per heavy atom. The fraction of sp³-hybridized carbons (Fsp3) is 0.385. The first-order chi connectivity index (χ1) is 10.1. The molecule has 0 bridgehead atoms. The van der Waals surface area contributed by atoms with Gasteiger partial charge in [0.15, 0.2) is 0 Å². The van der Waals surface area contributed by atoms with Crippen LogP contribution in [0.5, 0.6) is 0 Å². The van der Waals surface area contributed by atoms with E-state index < -0.39 is 17.7 Å². The van der Waals surface area contributed by atoms with Gasteiger partial charge in [-0.2, -0.15) is 0 Å². The number of hydrazine groups is 1. The van der Waals surface area contributed by atoms with Gasteiger partial charge in [0.2, 0.25) is 0 Å². The fourth-order valence-electron chi connectivity index (χ4n) is 2.08. The molecule has 1 heterocycles. The average Bonchev–Trinajstić information content (AvgIpc) is 2.92. The van der Waals surface area contributed by atoms with Crippen LogP contribution in [0.15, 0.2) is 16.6 Å². The molecule has 8 heteroatoms. The smallest absolute Gasteiger partial charge is 0.143 e. The van der Waals surface area contributed by atoms with E-state index in [0.717, 1.165) is 23.4 Å². The second-order valence-corrected chi connectivity index (χ2v) is 6.22. The van der Waals surface area contributed by atoms with Crippen LogP contribution in [0.4, 0.5) is 8.78 Å². The van der Waals surface area contributed by atoms with E-state index in [2.05, 4.69) is 30.9 Å². The number of nitrogens with two attached hydrogens (primary N) is 1. The molecule has 1 aromatic heterocycles. The summed E-state index contributed by atoms with van der Waals surface area (Å²) < 4.78 is 32.1. The van der Waals surface area contributed by atoms with Gasteiger partial charge in [-0.3, -0.25) is 11.3 Å². The Kier molecular flexibility index (Phi) is 5.74. The van der Waals surface area contributed by atoms with Crippen LogP contribution in [0.2, 0.25) is 0 Å². The SMILES string of the molecule is CCCc1nnsc1C(Cc1c(F)ccc(Br)c1F)NN. The molecule has 3 N–H and O–H groups in total. The van der Waals surface area contributed by atoms with E-state index in [1.807, 2.05) is 6.92 Å². The van der Waals surface area contributed by atoms with Crippen LogP contribution in [0.1, 0.15) is 35.5 Å². The third kappa shape index (κ3) is 3.63. The van der Waals surface area contributed by atoms with Crippen molar-refractivity contribution in [2.45, 2.75) is 32.2 Å². The quantitative estimate of drug-likeness (QED) is 0.461. The van der Waals surface area contributed by atoms with E-state index in [1.165, 1.54) is 23.7 Å². The number of hydrogen-bond acceptors (Lipinski definition) is 5. The lowest BCUT2D eigenvalue weighted by Gasteiger charge is -2.16. The molecule has 0 fully saturated rings. The van der Waals surface area contributed by atoms with Gasteiger partial charge in [0.05, 0.1) is 21.1 Å². The van der Waals surface area contributed by atoms with E-state index in [0.29, 0.717) is 0 Å². The van der Waals surface area contributed by atoms with Crippen molar-refractivity contribution in [2.24, 2.45) is 5.84 Å². The average molecular weight is 377 g/mol. The number of hydrogen-bond donors (Lipinski definition) is 2. The van der Waals surface area contributed by atoms with Gasteiger partial charge in [-0.25, -0.2) is 8.78 Å². The minimum absolute atomic E-state index is 0.0110. The molecule has 0 amide bonds. The number of rotatable bonds is 6. The molecule has 1 atom stereocenters. The zero-order valence-corrected chi connectivity index (χ0v) is 13.8. The Hall–Kier alpha value is -0.960. The molecule has 4 nitrogen and oxygen atoms in total. The summed E-state index contributed by atoms with van der Waals surface area (Å²) in [6.07, 6.45) is 1.76. The molecule has 2 aromatic rings. The number of nitrogens with one attached hydrogen (secondary N) is 1. The van der Waals surface area contributed by atoms with Crippen LogP contribution in [0, 0.1) is 11.6 Å².